The van der Waals surface area contributed by atoms with Crippen LogP contribution in [-0.2, 0) is 4.74 Å². The highest BCUT2D eigenvalue weighted by Crippen LogP contribution is 2.37. The smallest absolute Gasteiger partial charge is 0.0495 e. The summed E-state index contributed by atoms with van der Waals surface area (Å²) in [6.45, 7) is 3.08. The summed E-state index contributed by atoms with van der Waals surface area (Å²) in [6, 6.07) is 9.04. The molecule has 3 heteroatoms. The normalized spacial score (nSPS) is 30.3. The van der Waals surface area contributed by atoms with Crippen molar-refractivity contribution in [3.63, 3.8) is 0 Å². The SMILES string of the molecule is Clc1ccc(C2CC(NCCC3CCOC3)C2)cc1. The summed E-state index contributed by atoms with van der Waals surface area (Å²) < 4.78 is 5.40. The van der Waals surface area contributed by atoms with Gasteiger partial charge in [-0.15, -0.1) is 0 Å². The Kier molecular flexibility index (Phi) is 4.42. The number of benzene rings is 1. The van der Waals surface area contributed by atoms with Crippen LogP contribution in [0.2, 0.25) is 5.02 Å². The van der Waals surface area contributed by atoms with E-state index in [2.05, 4.69) is 17.4 Å². The Morgan fingerprint density at radius 3 is 2.68 bits per heavy atom. The molecule has 1 saturated carbocycles. The highest BCUT2D eigenvalue weighted by molar-refractivity contribution is 6.30. The van der Waals surface area contributed by atoms with Gasteiger partial charge in [-0.05, 0) is 61.8 Å². The Labute approximate surface area is 120 Å². The van der Waals surface area contributed by atoms with E-state index in [0.717, 1.165) is 36.6 Å². The molecule has 1 heterocycles. The number of ether oxygens (including phenoxy) is 1. The first-order chi connectivity index (χ1) is 9.31. The quantitative estimate of drug-likeness (QED) is 0.889. The van der Waals surface area contributed by atoms with Crippen LogP contribution in [0.15, 0.2) is 24.3 Å². The molecular weight excluding hydrogens is 258 g/mol. The van der Waals surface area contributed by atoms with E-state index in [4.69, 9.17) is 16.3 Å². The van der Waals surface area contributed by atoms with Gasteiger partial charge < -0.3 is 10.1 Å². The summed E-state index contributed by atoms with van der Waals surface area (Å²) in [5.74, 6) is 1.52. The zero-order valence-electron chi connectivity index (χ0n) is 11.3. The molecule has 1 unspecified atom stereocenters. The molecule has 1 saturated heterocycles. The Bertz CT molecular complexity index is 394. The maximum atomic E-state index is 5.91. The highest BCUT2D eigenvalue weighted by atomic mass is 35.5. The van der Waals surface area contributed by atoms with Crippen molar-refractivity contribution in [1.82, 2.24) is 5.32 Å². The van der Waals surface area contributed by atoms with Crippen LogP contribution in [0.3, 0.4) is 0 Å². The molecule has 0 amide bonds. The van der Waals surface area contributed by atoms with Crippen molar-refractivity contribution in [2.75, 3.05) is 19.8 Å². The molecule has 1 aliphatic heterocycles. The standard InChI is InChI=1S/C16H22ClNO/c17-15-3-1-13(2-4-15)14-9-16(10-14)18-7-5-12-6-8-19-11-12/h1-4,12,14,16,18H,5-11H2. The largest absolute Gasteiger partial charge is 0.381 e. The lowest BCUT2D eigenvalue weighted by Gasteiger charge is -2.36. The third-order valence-electron chi connectivity index (χ3n) is 4.49. The van der Waals surface area contributed by atoms with Crippen molar-refractivity contribution in [3.05, 3.63) is 34.9 Å². The maximum absolute atomic E-state index is 5.91. The topological polar surface area (TPSA) is 21.3 Å². The summed E-state index contributed by atoms with van der Waals surface area (Å²) in [7, 11) is 0. The Hall–Kier alpha value is -0.570. The monoisotopic (exact) mass is 279 g/mol. The fraction of sp³-hybridized carbons (Fsp3) is 0.625. The molecule has 1 atom stereocenters. The van der Waals surface area contributed by atoms with E-state index in [1.54, 1.807) is 0 Å². The molecule has 1 aromatic carbocycles. The van der Waals surface area contributed by atoms with E-state index in [1.165, 1.54) is 31.2 Å². The lowest BCUT2D eigenvalue weighted by Crippen LogP contribution is -2.40. The zero-order valence-corrected chi connectivity index (χ0v) is 12.0. The molecule has 104 valence electrons. The highest BCUT2D eigenvalue weighted by Gasteiger charge is 2.29. The van der Waals surface area contributed by atoms with E-state index in [9.17, 15) is 0 Å². The minimum absolute atomic E-state index is 0.711. The van der Waals surface area contributed by atoms with Gasteiger partial charge in [0.05, 0.1) is 0 Å². The minimum Gasteiger partial charge on any atom is -0.381 e. The number of rotatable bonds is 5. The van der Waals surface area contributed by atoms with Crippen LogP contribution in [0.5, 0.6) is 0 Å². The first kappa shape index (κ1) is 13.4. The van der Waals surface area contributed by atoms with Crippen LogP contribution in [0, 0.1) is 5.92 Å². The molecule has 0 spiro atoms. The van der Waals surface area contributed by atoms with Gasteiger partial charge in [0.25, 0.3) is 0 Å². The van der Waals surface area contributed by atoms with Gasteiger partial charge in [-0.2, -0.15) is 0 Å². The molecule has 1 aliphatic carbocycles. The van der Waals surface area contributed by atoms with Gasteiger partial charge >= 0.3 is 0 Å². The predicted octanol–water partition coefficient (Wildman–Crippen LogP) is 3.60. The lowest BCUT2D eigenvalue weighted by atomic mass is 9.76. The number of hydrogen-bond donors (Lipinski definition) is 1. The van der Waals surface area contributed by atoms with Crippen molar-refractivity contribution >= 4 is 11.6 Å². The average molecular weight is 280 g/mol. The van der Waals surface area contributed by atoms with Crippen LogP contribution in [0.1, 0.15) is 37.2 Å². The van der Waals surface area contributed by atoms with Gasteiger partial charge in [-0.25, -0.2) is 0 Å². The van der Waals surface area contributed by atoms with Gasteiger partial charge in [-0.3, -0.25) is 0 Å². The zero-order chi connectivity index (χ0) is 13.1. The van der Waals surface area contributed by atoms with Gasteiger partial charge in [0, 0.05) is 24.3 Å². The minimum atomic E-state index is 0.711. The molecule has 0 bridgehead atoms. The third-order valence-corrected chi connectivity index (χ3v) is 4.74. The first-order valence-corrected chi connectivity index (χ1v) is 7.75. The van der Waals surface area contributed by atoms with Gasteiger partial charge in [0.2, 0.25) is 0 Å². The van der Waals surface area contributed by atoms with Gasteiger partial charge in [-0.1, -0.05) is 23.7 Å². The van der Waals surface area contributed by atoms with E-state index in [-0.39, 0.29) is 0 Å². The summed E-state index contributed by atoms with van der Waals surface area (Å²) in [5.41, 5.74) is 1.44. The Balaban J connectivity index is 1.34. The fourth-order valence-corrected chi connectivity index (χ4v) is 3.22. The molecule has 19 heavy (non-hydrogen) atoms. The van der Waals surface area contributed by atoms with Crippen LogP contribution in [0.4, 0.5) is 0 Å². The predicted molar refractivity (Wildman–Crippen MR) is 78.8 cm³/mol. The molecule has 1 aromatic rings. The molecule has 2 nitrogen and oxygen atoms in total. The van der Waals surface area contributed by atoms with E-state index in [0.29, 0.717) is 6.04 Å². The van der Waals surface area contributed by atoms with Crippen molar-refractivity contribution in [1.29, 1.82) is 0 Å². The maximum Gasteiger partial charge on any atom is 0.0495 e. The molecule has 0 aromatic heterocycles. The first-order valence-electron chi connectivity index (χ1n) is 7.38. The molecule has 3 rings (SSSR count). The lowest BCUT2D eigenvalue weighted by molar-refractivity contribution is 0.183. The molecular formula is C16H22ClNO. The molecule has 2 aliphatic rings. The van der Waals surface area contributed by atoms with Gasteiger partial charge in [0.15, 0.2) is 0 Å². The number of halogens is 1. The van der Waals surface area contributed by atoms with Crippen molar-refractivity contribution in [3.8, 4) is 0 Å². The number of hydrogen-bond acceptors (Lipinski definition) is 2. The van der Waals surface area contributed by atoms with Crippen LogP contribution < -0.4 is 5.32 Å². The second kappa shape index (κ2) is 6.25. The summed E-state index contributed by atoms with van der Waals surface area (Å²) >= 11 is 5.91. The molecule has 2 fully saturated rings. The van der Waals surface area contributed by atoms with Crippen molar-refractivity contribution in [2.24, 2.45) is 5.92 Å². The second-order valence-corrected chi connectivity index (χ2v) is 6.33. The molecule has 1 N–H and O–H groups in total. The Morgan fingerprint density at radius 1 is 1.21 bits per heavy atom. The van der Waals surface area contributed by atoms with Crippen LogP contribution >= 0.6 is 11.6 Å². The third kappa shape index (κ3) is 3.50. The number of nitrogens with one attached hydrogen (secondary N) is 1. The van der Waals surface area contributed by atoms with Crippen LogP contribution in [-0.4, -0.2) is 25.8 Å². The fourth-order valence-electron chi connectivity index (χ4n) is 3.09. The van der Waals surface area contributed by atoms with E-state index in [1.807, 2.05) is 12.1 Å². The van der Waals surface area contributed by atoms with Crippen molar-refractivity contribution < 1.29 is 4.74 Å². The van der Waals surface area contributed by atoms with Crippen molar-refractivity contribution in [2.45, 2.75) is 37.6 Å². The van der Waals surface area contributed by atoms with E-state index >= 15 is 0 Å². The summed E-state index contributed by atoms with van der Waals surface area (Å²) in [6.07, 6.45) is 5.05. The van der Waals surface area contributed by atoms with Crippen LogP contribution in [0.25, 0.3) is 0 Å². The summed E-state index contributed by atoms with van der Waals surface area (Å²) in [4.78, 5) is 0. The molecule has 0 radical (unpaired) electrons. The summed E-state index contributed by atoms with van der Waals surface area (Å²) in [5, 5.41) is 4.51. The van der Waals surface area contributed by atoms with E-state index < -0.39 is 0 Å². The van der Waals surface area contributed by atoms with Gasteiger partial charge in [0.1, 0.15) is 0 Å². The Morgan fingerprint density at radius 2 is 2.00 bits per heavy atom. The second-order valence-electron chi connectivity index (χ2n) is 5.89. The average Bonchev–Trinajstić information content (AvgIpc) is 2.87.